The molecule has 0 saturated carbocycles. The van der Waals surface area contributed by atoms with Crippen molar-refractivity contribution in [3.8, 4) is 0 Å². The normalized spacial score (nSPS) is 13.9. The van der Waals surface area contributed by atoms with E-state index in [2.05, 4.69) is 24.4 Å². The van der Waals surface area contributed by atoms with Gasteiger partial charge in [0.2, 0.25) is 0 Å². The summed E-state index contributed by atoms with van der Waals surface area (Å²) in [6.07, 6.45) is -0.110. The van der Waals surface area contributed by atoms with E-state index in [1.165, 1.54) is 12.1 Å². The molecule has 0 aliphatic carbocycles. The van der Waals surface area contributed by atoms with E-state index in [4.69, 9.17) is 4.74 Å². The molecule has 0 heterocycles. The second-order valence-electron chi connectivity index (χ2n) is 5.04. The van der Waals surface area contributed by atoms with E-state index in [-0.39, 0.29) is 18.0 Å². The minimum Gasteiger partial charge on any atom is -0.365 e. The molecule has 0 aromatic heterocycles. The molecule has 0 saturated heterocycles. The van der Waals surface area contributed by atoms with E-state index in [1.807, 2.05) is 25.1 Å². The van der Waals surface area contributed by atoms with Gasteiger partial charge < -0.3 is 10.1 Å². The minimum absolute atomic E-state index is 0.0140. The van der Waals surface area contributed by atoms with Crippen molar-refractivity contribution in [3.05, 3.63) is 71.5 Å². The van der Waals surface area contributed by atoms with Crippen LogP contribution in [-0.2, 0) is 4.74 Å². The second kappa shape index (κ2) is 7.91. The molecule has 3 heteroatoms. The molecule has 2 aromatic rings. The zero-order valence-electron chi connectivity index (χ0n) is 12.6. The molecule has 21 heavy (non-hydrogen) atoms. The van der Waals surface area contributed by atoms with Crippen molar-refractivity contribution < 1.29 is 9.13 Å². The van der Waals surface area contributed by atoms with Gasteiger partial charge in [-0.25, -0.2) is 4.39 Å². The van der Waals surface area contributed by atoms with Gasteiger partial charge in [0.25, 0.3) is 0 Å². The first-order chi connectivity index (χ1) is 10.2. The SMILES string of the molecule is CCNCC(OC(C)c1ccccc1)c1ccc(F)cc1. The van der Waals surface area contributed by atoms with Crippen LogP contribution in [-0.4, -0.2) is 13.1 Å². The van der Waals surface area contributed by atoms with Crippen molar-refractivity contribution in [2.45, 2.75) is 26.1 Å². The molecule has 112 valence electrons. The van der Waals surface area contributed by atoms with Gasteiger partial charge in [0.1, 0.15) is 5.82 Å². The van der Waals surface area contributed by atoms with Gasteiger partial charge in [-0.1, -0.05) is 49.4 Å². The topological polar surface area (TPSA) is 21.3 Å². The predicted octanol–water partition coefficient (Wildman–Crippen LogP) is 4.25. The standard InChI is InChI=1S/C18H22FNO/c1-3-20-13-18(16-9-11-17(19)12-10-16)21-14(2)15-7-5-4-6-8-15/h4-12,14,18,20H,3,13H2,1-2H3. The highest BCUT2D eigenvalue weighted by atomic mass is 19.1. The molecule has 0 radical (unpaired) electrons. The molecule has 0 bridgehead atoms. The number of ether oxygens (including phenoxy) is 1. The van der Waals surface area contributed by atoms with E-state index in [0.717, 1.165) is 17.7 Å². The summed E-state index contributed by atoms with van der Waals surface area (Å²) in [6.45, 7) is 5.68. The molecule has 0 fully saturated rings. The summed E-state index contributed by atoms with van der Waals surface area (Å²) in [7, 11) is 0. The maximum Gasteiger partial charge on any atom is 0.123 e. The van der Waals surface area contributed by atoms with Crippen LogP contribution in [0.15, 0.2) is 54.6 Å². The van der Waals surface area contributed by atoms with Crippen molar-refractivity contribution in [1.29, 1.82) is 0 Å². The summed E-state index contributed by atoms with van der Waals surface area (Å²) in [5, 5.41) is 3.30. The average molecular weight is 287 g/mol. The van der Waals surface area contributed by atoms with Gasteiger partial charge in [-0.2, -0.15) is 0 Å². The van der Waals surface area contributed by atoms with Crippen LogP contribution in [0.1, 0.15) is 37.2 Å². The third kappa shape index (κ3) is 4.66. The Bertz CT molecular complexity index is 527. The van der Waals surface area contributed by atoms with Gasteiger partial charge in [-0.15, -0.1) is 0 Å². The third-order valence-corrected chi connectivity index (χ3v) is 3.46. The molecule has 0 amide bonds. The van der Waals surface area contributed by atoms with Gasteiger partial charge in [-0.05, 0) is 36.7 Å². The molecule has 2 rings (SSSR count). The maximum atomic E-state index is 13.1. The molecular weight excluding hydrogens is 265 g/mol. The molecular formula is C18H22FNO. The van der Waals surface area contributed by atoms with Gasteiger partial charge in [0, 0.05) is 6.54 Å². The molecule has 2 aromatic carbocycles. The third-order valence-electron chi connectivity index (χ3n) is 3.46. The lowest BCUT2D eigenvalue weighted by atomic mass is 10.1. The summed E-state index contributed by atoms with van der Waals surface area (Å²) in [4.78, 5) is 0. The minimum atomic E-state index is -0.225. The summed E-state index contributed by atoms with van der Waals surface area (Å²) >= 11 is 0. The lowest BCUT2D eigenvalue weighted by Crippen LogP contribution is -2.24. The van der Waals surface area contributed by atoms with E-state index in [9.17, 15) is 4.39 Å². The van der Waals surface area contributed by atoms with Crippen LogP contribution in [0.2, 0.25) is 0 Å². The highest BCUT2D eigenvalue weighted by molar-refractivity contribution is 5.20. The highest BCUT2D eigenvalue weighted by Gasteiger charge is 2.16. The number of likely N-dealkylation sites (N-methyl/N-ethyl adjacent to an activating group) is 1. The number of rotatable bonds is 7. The number of benzene rings is 2. The quantitative estimate of drug-likeness (QED) is 0.822. The summed E-state index contributed by atoms with van der Waals surface area (Å²) in [5.41, 5.74) is 2.13. The van der Waals surface area contributed by atoms with E-state index in [1.54, 1.807) is 12.1 Å². The molecule has 2 atom stereocenters. The highest BCUT2D eigenvalue weighted by Crippen LogP contribution is 2.26. The summed E-state index contributed by atoms with van der Waals surface area (Å²) < 4.78 is 19.3. The van der Waals surface area contributed by atoms with Crippen LogP contribution in [0, 0.1) is 5.82 Å². The zero-order chi connectivity index (χ0) is 15.1. The van der Waals surface area contributed by atoms with Crippen LogP contribution in [0.5, 0.6) is 0 Å². The lowest BCUT2D eigenvalue weighted by Gasteiger charge is -2.23. The van der Waals surface area contributed by atoms with Gasteiger partial charge in [0.15, 0.2) is 0 Å². The van der Waals surface area contributed by atoms with Gasteiger partial charge in [-0.3, -0.25) is 0 Å². The molecule has 2 unspecified atom stereocenters. The first-order valence-electron chi connectivity index (χ1n) is 7.37. The molecule has 0 aliphatic heterocycles. The monoisotopic (exact) mass is 287 g/mol. The number of hydrogen-bond donors (Lipinski definition) is 1. The number of hydrogen-bond acceptors (Lipinski definition) is 2. The second-order valence-corrected chi connectivity index (χ2v) is 5.04. The Morgan fingerprint density at radius 2 is 1.67 bits per heavy atom. The summed E-state index contributed by atoms with van der Waals surface area (Å²) in [5.74, 6) is -0.225. The largest absolute Gasteiger partial charge is 0.365 e. The van der Waals surface area contributed by atoms with Crippen molar-refractivity contribution in [1.82, 2.24) is 5.32 Å². The fraction of sp³-hybridized carbons (Fsp3) is 0.333. The fourth-order valence-electron chi connectivity index (χ4n) is 2.25. The number of halogens is 1. The Morgan fingerprint density at radius 3 is 2.29 bits per heavy atom. The first kappa shape index (κ1) is 15.7. The average Bonchev–Trinajstić information content (AvgIpc) is 2.53. The Kier molecular flexibility index (Phi) is 5.90. The van der Waals surface area contributed by atoms with Crippen LogP contribution >= 0.6 is 0 Å². The molecule has 0 aliphatic rings. The maximum absolute atomic E-state index is 13.1. The lowest BCUT2D eigenvalue weighted by molar-refractivity contribution is -0.00412. The van der Waals surface area contributed by atoms with Crippen molar-refractivity contribution in [2.75, 3.05) is 13.1 Å². The summed E-state index contributed by atoms with van der Waals surface area (Å²) in [6, 6.07) is 16.6. The van der Waals surface area contributed by atoms with Crippen molar-refractivity contribution in [3.63, 3.8) is 0 Å². The first-order valence-corrected chi connectivity index (χ1v) is 7.37. The zero-order valence-corrected chi connectivity index (χ0v) is 12.6. The Balaban J connectivity index is 2.10. The fourth-order valence-corrected chi connectivity index (χ4v) is 2.25. The Hall–Kier alpha value is -1.71. The van der Waals surface area contributed by atoms with Crippen molar-refractivity contribution >= 4 is 0 Å². The van der Waals surface area contributed by atoms with Gasteiger partial charge in [0.05, 0.1) is 12.2 Å². The predicted molar refractivity (Wildman–Crippen MR) is 83.6 cm³/mol. The van der Waals surface area contributed by atoms with E-state index >= 15 is 0 Å². The van der Waals surface area contributed by atoms with E-state index < -0.39 is 0 Å². The van der Waals surface area contributed by atoms with E-state index in [0.29, 0.717) is 6.54 Å². The van der Waals surface area contributed by atoms with Crippen LogP contribution in [0.3, 0.4) is 0 Å². The van der Waals surface area contributed by atoms with Crippen LogP contribution in [0.4, 0.5) is 4.39 Å². The van der Waals surface area contributed by atoms with Gasteiger partial charge >= 0.3 is 0 Å². The van der Waals surface area contributed by atoms with Crippen LogP contribution in [0.25, 0.3) is 0 Å². The van der Waals surface area contributed by atoms with Crippen molar-refractivity contribution in [2.24, 2.45) is 0 Å². The Labute approximate surface area is 126 Å². The number of nitrogens with one attached hydrogen (secondary N) is 1. The van der Waals surface area contributed by atoms with Crippen LogP contribution < -0.4 is 5.32 Å². The Morgan fingerprint density at radius 1 is 1.00 bits per heavy atom. The smallest absolute Gasteiger partial charge is 0.123 e. The molecule has 0 spiro atoms. The molecule has 1 N–H and O–H groups in total. The molecule has 2 nitrogen and oxygen atoms in total.